The Labute approximate surface area is 120 Å². The van der Waals surface area contributed by atoms with Crippen molar-refractivity contribution >= 4 is 22.5 Å². The summed E-state index contributed by atoms with van der Waals surface area (Å²) in [5, 5.41) is 1.78. The summed E-state index contributed by atoms with van der Waals surface area (Å²) in [6.45, 7) is 8.55. The van der Waals surface area contributed by atoms with E-state index in [-0.39, 0.29) is 0 Å². The number of aromatic nitrogens is 1. The van der Waals surface area contributed by atoms with E-state index in [1.165, 1.54) is 0 Å². The van der Waals surface area contributed by atoms with Crippen LogP contribution >= 0.6 is 11.6 Å². The monoisotopic (exact) mass is 276 g/mol. The van der Waals surface area contributed by atoms with Gasteiger partial charge in [-0.2, -0.15) is 0 Å². The van der Waals surface area contributed by atoms with Gasteiger partial charge in [0.15, 0.2) is 0 Å². The van der Waals surface area contributed by atoms with Crippen LogP contribution in [0, 0.1) is 0 Å². The third-order valence-corrected chi connectivity index (χ3v) is 4.07. The smallest absolute Gasteiger partial charge is 0.134 e. The van der Waals surface area contributed by atoms with Gasteiger partial charge in [-0.3, -0.25) is 4.90 Å². The molecule has 0 spiro atoms. The zero-order chi connectivity index (χ0) is 13.8. The molecule has 1 unspecified atom stereocenters. The summed E-state index contributed by atoms with van der Waals surface area (Å²) in [6, 6.07) is 10.8. The Hall–Kier alpha value is -1.12. The first kappa shape index (κ1) is 14.3. The second-order valence-corrected chi connectivity index (χ2v) is 5.31. The zero-order valence-electron chi connectivity index (χ0n) is 11.9. The molecule has 0 amide bonds. The van der Waals surface area contributed by atoms with E-state index in [1.54, 1.807) is 0 Å². The lowest BCUT2D eigenvalue weighted by molar-refractivity contribution is 0.206. The molecule has 0 N–H and O–H groups in total. The highest BCUT2D eigenvalue weighted by Crippen LogP contribution is 2.22. The lowest BCUT2D eigenvalue weighted by Crippen LogP contribution is -2.32. The Balaban J connectivity index is 2.31. The van der Waals surface area contributed by atoms with Crippen molar-refractivity contribution in [2.24, 2.45) is 0 Å². The molecule has 0 radical (unpaired) electrons. The van der Waals surface area contributed by atoms with E-state index in [9.17, 15) is 0 Å². The van der Waals surface area contributed by atoms with E-state index in [0.717, 1.165) is 36.0 Å². The van der Waals surface area contributed by atoms with E-state index in [1.807, 2.05) is 18.2 Å². The topological polar surface area (TPSA) is 16.1 Å². The fourth-order valence-corrected chi connectivity index (χ4v) is 2.51. The van der Waals surface area contributed by atoms with Crippen LogP contribution in [0.25, 0.3) is 10.9 Å². The normalized spacial score (nSPS) is 13.1. The molecule has 0 saturated heterocycles. The molecule has 2 nitrogen and oxygen atoms in total. The van der Waals surface area contributed by atoms with Crippen LogP contribution in [0.15, 0.2) is 30.3 Å². The summed E-state index contributed by atoms with van der Waals surface area (Å²) in [6.07, 6.45) is 1.15. The summed E-state index contributed by atoms with van der Waals surface area (Å²) < 4.78 is 0. The molecular weight excluding hydrogens is 256 g/mol. The van der Waals surface area contributed by atoms with Gasteiger partial charge in [-0.25, -0.2) is 4.98 Å². The van der Waals surface area contributed by atoms with Gasteiger partial charge in [0.25, 0.3) is 0 Å². The van der Waals surface area contributed by atoms with E-state index >= 15 is 0 Å². The number of halogens is 1. The summed E-state index contributed by atoms with van der Waals surface area (Å²) in [7, 11) is 0. The fraction of sp³-hybridized carbons (Fsp3) is 0.438. The van der Waals surface area contributed by atoms with Gasteiger partial charge in [-0.1, -0.05) is 43.6 Å². The third kappa shape index (κ3) is 3.26. The molecule has 2 aromatic rings. The summed E-state index contributed by atoms with van der Waals surface area (Å²) in [4.78, 5) is 6.92. The minimum atomic E-state index is 0.563. The van der Waals surface area contributed by atoms with E-state index in [4.69, 9.17) is 11.6 Å². The van der Waals surface area contributed by atoms with Gasteiger partial charge in [0.05, 0.1) is 5.52 Å². The summed E-state index contributed by atoms with van der Waals surface area (Å²) in [5.74, 6) is 0. The molecular formula is C16H21ClN2. The molecule has 1 heterocycles. The van der Waals surface area contributed by atoms with E-state index in [0.29, 0.717) is 11.2 Å². The lowest BCUT2D eigenvalue weighted by atomic mass is 10.1. The van der Waals surface area contributed by atoms with Gasteiger partial charge in [-0.15, -0.1) is 0 Å². The minimum Gasteiger partial charge on any atom is -0.297 e. The number of nitrogens with zero attached hydrogens (tertiary/aromatic N) is 2. The lowest BCUT2D eigenvalue weighted by Gasteiger charge is -2.27. The molecule has 2 rings (SSSR count). The van der Waals surface area contributed by atoms with Crippen molar-refractivity contribution in [1.29, 1.82) is 0 Å². The maximum atomic E-state index is 6.31. The Morgan fingerprint density at radius 3 is 2.68 bits per heavy atom. The van der Waals surface area contributed by atoms with Crippen LogP contribution in [0.1, 0.15) is 32.8 Å². The molecule has 0 bridgehead atoms. The van der Waals surface area contributed by atoms with Crippen molar-refractivity contribution in [3.63, 3.8) is 0 Å². The molecule has 19 heavy (non-hydrogen) atoms. The van der Waals surface area contributed by atoms with Crippen LogP contribution in [0.5, 0.6) is 0 Å². The standard InChI is InChI=1S/C16H21ClN2/c1-4-12(3)19(5-2)11-14-10-13-8-6-7-9-15(13)18-16(14)17/h6-10,12H,4-5,11H2,1-3H3. The molecule has 3 heteroatoms. The summed E-state index contributed by atoms with van der Waals surface area (Å²) >= 11 is 6.31. The van der Waals surface area contributed by atoms with Crippen LogP contribution in [0.3, 0.4) is 0 Å². The number of hydrogen-bond donors (Lipinski definition) is 0. The van der Waals surface area contributed by atoms with Crippen LogP contribution in [0.2, 0.25) is 5.15 Å². The average Bonchev–Trinajstić information content (AvgIpc) is 2.44. The van der Waals surface area contributed by atoms with Gasteiger partial charge in [0, 0.05) is 23.5 Å². The zero-order valence-corrected chi connectivity index (χ0v) is 12.6. The molecule has 1 atom stereocenters. The van der Waals surface area contributed by atoms with Crippen LogP contribution in [-0.4, -0.2) is 22.5 Å². The minimum absolute atomic E-state index is 0.563. The Morgan fingerprint density at radius 1 is 1.26 bits per heavy atom. The van der Waals surface area contributed by atoms with Gasteiger partial charge >= 0.3 is 0 Å². The summed E-state index contributed by atoms with van der Waals surface area (Å²) in [5.41, 5.74) is 2.07. The van der Waals surface area contributed by atoms with Crippen LogP contribution < -0.4 is 0 Å². The van der Waals surface area contributed by atoms with Crippen molar-refractivity contribution < 1.29 is 0 Å². The SMILES string of the molecule is CCC(C)N(CC)Cc1cc2ccccc2nc1Cl. The van der Waals surface area contributed by atoms with E-state index in [2.05, 4.69) is 42.8 Å². The van der Waals surface area contributed by atoms with Crippen molar-refractivity contribution in [3.8, 4) is 0 Å². The molecule has 0 fully saturated rings. The fourth-order valence-electron chi connectivity index (χ4n) is 2.30. The Bertz CT molecular complexity index is 553. The number of para-hydroxylation sites is 1. The average molecular weight is 277 g/mol. The van der Waals surface area contributed by atoms with Crippen molar-refractivity contribution in [2.75, 3.05) is 6.54 Å². The molecule has 1 aromatic carbocycles. The number of pyridine rings is 1. The van der Waals surface area contributed by atoms with Crippen molar-refractivity contribution in [3.05, 3.63) is 41.0 Å². The molecule has 0 saturated carbocycles. The number of fused-ring (bicyclic) bond motifs is 1. The Kier molecular flexibility index (Phi) is 4.78. The van der Waals surface area contributed by atoms with E-state index < -0.39 is 0 Å². The number of benzene rings is 1. The van der Waals surface area contributed by atoms with Gasteiger partial charge in [0.1, 0.15) is 5.15 Å². The molecule has 0 aliphatic heterocycles. The number of hydrogen-bond acceptors (Lipinski definition) is 2. The van der Waals surface area contributed by atoms with Crippen LogP contribution in [0.4, 0.5) is 0 Å². The predicted molar refractivity (Wildman–Crippen MR) is 82.6 cm³/mol. The predicted octanol–water partition coefficient (Wildman–Crippen LogP) is 4.51. The quantitative estimate of drug-likeness (QED) is 0.747. The maximum Gasteiger partial charge on any atom is 0.134 e. The van der Waals surface area contributed by atoms with Crippen LogP contribution in [-0.2, 0) is 6.54 Å². The molecule has 0 aliphatic rings. The first-order chi connectivity index (χ1) is 9.15. The second kappa shape index (κ2) is 6.36. The first-order valence-electron chi connectivity index (χ1n) is 6.93. The van der Waals surface area contributed by atoms with Gasteiger partial charge < -0.3 is 0 Å². The molecule has 0 aliphatic carbocycles. The molecule has 1 aromatic heterocycles. The van der Waals surface area contributed by atoms with Crippen molar-refractivity contribution in [2.45, 2.75) is 39.8 Å². The second-order valence-electron chi connectivity index (χ2n) is 4.95. The first-order valence-corrected chi connectivity index (χ1v) is 7.31. The largest absolute Gasteiger partial charge is 0.297 e. The number of rotatable bonds is 5. The van der Waals surface area contributed by atoms with Gasteiger partial charge in [0.2, 0.25) is 0 Å². The highest BCUT2D eigenvalue weighted by Gasteiger charge is 2.13. The highest BCUT2D eigenvalue weighted by molar-refractivity contribution is 6.30. The molecule has 102 valence electrons. The van der Waals surface area contributed by atoms with Gasteiger partial charge in [-0.05, 0) is 32.0 Å². The maximum absolute atomic E-state index is 6.31. The van der Waals surface area contributed by atoms with Crippen molar-refractivity contribution in [1.82, 2.24) is 9.88 Å². The highest BCUT2D eigenvalue weighted by atomic mass is 35.5. The third-order valence-electron chi connectivity index (χ3n) is 3.74. The Morgan fingerprint density at radius 2 is 2.00 bits per heavy atom.